The number of nitro benzene ring substituents is 1. The molecule has 1 unspecified atom stereocenters. The van der Waals surface area contributed by atoms with Gasteiger partial charge in [-0.2, -0.15) is 13.2 Å². The van der Waals surface area contributed by atoms with Crippen LogP contribution in [0.2, 0.25) is 0 Å². The Morgan fingerprint density at radius 2 is 1.88 bits per heavy atom. The summed E-state index contributed by atoms with van der Waals surface area (Å²) in [5.74, 6) is -3.24. The molecule has 0 aliphatic carbocycles. The number of carboxylic acids is 1. The number of nitro groups is 1. The molecule has 0 saturated carbocycles. The maximum Gasteiger partial charge on any atom is 0.490 e. The number of rotatable bonds is 11. The second kappa shape index (κ2) is 18.3. The highest BCUT2D eigenvalue weighted by molar-refractivity contribution is 7.90. The van der Waals surface area contributed by atoms with E-state index in [-0.39, 0.29) is 23.1 Å². The number of nitrogens with zero attached hydrogens (tertiary/aromatic N) is 3. The highest BCUT2D eigenvalue weighted by Gasteiger charge is 2.38. The number of alkyl halides is 3. The summed E-state index contributed by atoms with van der Waals surface area (Å²) in [6.45, 7) is 5.27. The van der Waals surface area contributed by atoms with Crippen molar-refractivity contribution in [2.75, 3.05) is 57.9 Å². The predicted molar refractivity (Wildman–Crippen MR) is 203 cm³/mol. The molecule has 0 spiro atoms. The quantitative estimate of drug-likeness (QED) is 0.102. The Bertz CT molecular complexity index is 2280. The van der Waals surface area contributed by atoms with E-state index in [9.17, 15) is 36.5 Å². The molecule has 7 rings (SSSR count). The summed E-state index contributed by atoms with van der Waals surface area (Å²) in [6, 6.07) is 12.4. The van der Waals surface area contributed by atoms with Gasteiger partial charge in [-0.15, -0.1) is 0 Å². The molecule has 5 heterocycles. The van der Waals surface area contributed by atoms with E-state index in [1.54, 1.807) is 24.4 Å². The first kappa shape index (κ1) is 42.0. The van der Waals surface area contributed by atoms with Crippen LogP contribution in [0.3, 0.4) is 0 Å². The number of aromatic nitrogens is 2. The van der Waals surface area contributed by atoms with Crippen LogP contribution in [-0.2, 0) is 24.3 Å². The van der Waals surface area contributed by atoms with E-state index in [1.807, 2.05) is 6.07 Å². The van der Waals surface area contributed by atoms with Crippen LogP contribution in [0.1, 0.15) is 35.2 Å². The first-order valence-corrected chi connectivity index (χ1v) is 19.6. The van der Waals surface area contributed by atoms with Crippen LogP contribution in [0.25, 0.3) is 16.6 Å². The molecule has 0 radical (unpaired) electrons. The number of hydrogen-bond donors (Lipinski definition) is 5. The van der Waals surface area contributed by atoms with E-state index in [2.05, 4.69) is 36.3 Å². The lowest BCUT2D eigenvalue weighted by molar-refractivity contribution is -0.384. The Kier molecular flexibility index (Phi) is 13.3. The number of benzene rings is 2. The molecule has 2 aromatic carbocycles. The van der Waals surface area contributed by atoms with Gasteiger partial charge in [0.25, 0.3) is 21.6 Å². The molecule has 3 aliphatic heterocycles. The lowest BCUT2D eigenvalue weighted by atomic mass is 9.98. The van der Waals surface area contributed by atoms with E-state index in [4.69, 9.17) is 24.1 Å². The molecule has 17 nitrogen and oxygen atoms in total. The fraction of sp³-hybridized carbons (Fsp3) is 0.378. The zero-order chi connectivity index (χ0) is 41.5. The number of ether oxygens (including phenoxy) is 3. The van der Waals surface area contributed by atoms with E-state index >= 15 is 0 Å². The van der Waals surface area contributed by atoms with Gasteiger partial charge in [-0.05, 0) is 73.3 Å². The first-order valence-electron chi connectivity index (χ1n) is 18.2. The number of aromatic amines is 1. The minimum Gasteiger partial charge on any atom is -0.475 e. The van der Waals surface area contributed by atoms with Crippen LogP contribution >= 0.6 is 0 Å². The smallest absolute Gasteiger partial charge is 0.475 e. The highest BCUT2D eigenvalue weighted by Crippen LogP contribution is 2.33. The van der Waals surface area contributed by atoms with Crippen LogP contribution in [0.4, 0.5) is 24.5 Å². The summed E-state index contributed by atoms with van der Waals surface area (Å²) in [7, 11) is -4.54. The van der Waals surface area contributed by atoms with Crippen molar-refractivity contribution < 1.29 is 55.4 Å². The number of halogens is 3. The summed E-state index contributed by atoms with van der Waals surface area (Å²) in [5, 5.41) is 26.4. The van der Waals surface area contributed by atoms with Gasteiger partial charge in [0.05, 0.1) is 34.3 Å². The van der Waals surface area contributed by atoms with Gasteiger partial charge in [-0.3, -0.25) is 19.8 Å². The average Bonchev–Trinajstić information content (AvgIpc) is 3.68. The topological polar surface area (TPSA) is 227 Å². The lowest BCUT2D eigenvalue weighted by Gasteiger charge is -2.39. The summed E-state index contributed by atoms with van der Waals surface area (Å²) in [5.41, 5.74) is 2.21. The maximum atomic E-state index is 13.6. The van der Waals surface area contributed by atoms with Crippen molar-refractivity contribution in [3.05, 3.63) is 88.2 Å². The van der Waals surface area contributed by atoms with Crippen molar-refractivity contribution in [1.29, 1.82) is 0 Å². The summed E-state index contributed by atoms with van der Waals surface area (Å²) < 4.78 is 78.4. The van der Waals surface area contributed by atoms with Crippen molar-refractivity contribution in [3.8, 4) is 11.5 Å². The van der Waals surface area contributed by atoms with Gasteiger partial charge in [-0.25, -0.2) is 22.9 Å². The molecular formula is C37H40F3N7O10S. The molecule has 58 heavy (non-hydrogen) atoms. The molecule has 1 atom stereocenters. The fourth-order valence-electron chi connectivity index (χ4n) is 6.67. The van der Waals surface area contributed by atoms with Gasteiger partial charge in [0.2, 0.25) is 0 Å². The first-order chi connectivity index (χ1) is 27.7. The molecule has 2 aromatic heterocycles. The molecule has 4 aromatic rings. The Labute approximate surface area is 329 Å². The highest BCUT2D eigenvalue weighted by atomic mass is 32.2. The van der Waals surface area contributed by atoms with Gasteiger partial charge in [-0.1, -0.05) is 12.1 Å². The van der Waals surface area contributed by atoms with Crippen LogP contribution < -0.4 is 20.1 Å². The Hall–Kier alpha value is -5.61. The maximum absolute atomic E-state index is 13.6. The van der Waals surface area contributed by atoms with Crippen LogP contribution in [-0.4, -0.2) is 116 Å². The van der Waals surface area contributed by atoms with Crippen LogP contribution in [0.5, 0.6) is 11.5 Å². The number of fused-ring (bicyclic) bond motifs is 1. The molecule has 2 fully saturated rings. The number of amides is 1. The summed E-state index contributed by atoms with van der Waals surface area (Å²) in [6.07, 6.45) is 2.68. The molecule has 3 aliphatic rings. The van der Waals surface area contributed by atoms with E-state index in [1.165, 1.54) is 24.4 Å². The zero-order valence-corrected chi connectivity index (χ0v) is 31.6. The minimum absolute atomic E-state index is 0.0407. The average molecular weight is 832 g/mol. The summed E-state index contributed by atoms with van der Waals surface area (Å²) >= 11 is 0. The normalized spacial score (nSPS) is 18.1. The number of anilines is 1. The standard InChI is InChI=1S/C35H39N7O8S.C2HF3O2/c43-35(30-3-1-24(23-5-10-36-11-6-23)18-33(30)50-27-17-25-7-12-37-34(25)39-20-27)40-51(46,47)29-2-4-31(32(19-29)42(44)45)38-21-28-22-41(13-16-49-28)26-8-14-48-15-9-26;3-2(4,5)1(6)7/h1-5,7,12,17-20,26,28,36,38H,6,8-11,13-16,21-22H2,(H,37,39)(H,40,43);(H,6,7). The SMILES string of the molecule is O=C(NS(=O)(=O)c1ccc(NCC2CN(C3CCOCC3)CCO2)c([N+](=O)[O-])c1)c1ccc(C2=CCNCC2)cc1Oc1cnc2[nH]ccc2c1.O=C(O)C(F)(F)F. The number of hydrogen-bond acceptors (Lipinski definition) is 13. The number of aliphatic carboxylic acids is 1. The van der Waals surface area contributed by atoms with E-state index < -0.39 is 43.6 Å². The zero-order valence-electron chi connectivity index (χ0n) is 30.8. The second-order valence-electron chi connectivity index (χ2n) is 13.5. The number of H-pyrrole nitrogens is 1. The van der Waals surface area contributed by atoms with Gasteiger partial charge in [0.1, 0.15) is 22.8 Å². The van der Waals surface area contributed by atoms with Crippen molar-refractivity contribution in [1.82, 2.24) is 24.9 Å². The van der Waals surface area contributed by atoms with Crippen molar-refractivity contribution in [3.63, 3.8) is 0 Å². The monoisotopic (exact) mass is 831 g/mol. The Morgan fingerprint density at radius 3 is 2.59 bits per heavy atom. The lowest BCUT2D eigenvalue weighted by Crippen LogP contribution is -2.51. The summed E-state index contributed by atoms with van der Waals surface area (Å²) in [4.78, 5) is 43.3. The number of pyridine rings is 1. The molecule has 1 amide bonds. The third kappa shape index (κ3) is 10.7. The number of nitrogens with one attached hydrogen (secondary N) is 4. The largest absolute Gasteiger partial charge is 0.490 e. The van der Waals surface area contributed by atoms with E-state index in [0.29, 0.717) is 43.7 Å². The molecule has 21 heteroatoms. The second-order valence-corrected chi connectivity index (χ2v) is 15.2. The third-order valence-corrected chi connectivity index (χ3v) is 10.9. The minimum atomic E-state index is -5.08. The van der Waals surface area contributed by atoms with Gasteiger partial charge in [0.15, 0.2) is 0 Å². The molecule has 310 valence electrons. The number of carboxylic acid groups (broad SMARTS) is 1. The van der Waals surface area contributed by atoms with Crippen LogP contribution in [0, 0.1) is 10.1 Å². The van der Waals surface area contributed by atoms with Gasteiger partial charge in [0, 0.05) is 63.1 Å². The Balaban J connectivity index is 0.000000743. The number of carbonyl (C=O) groups is 2. The molecule has 0 bridgehead atoms. The molecular weight excluding hydrogens is 792 g/mol. The number of morpholine rings is 1. The number of carbonyl (C=O) groups excluding carboxylic acids is 1. The van der Waals surface area contributed by atoms with E-state index in [0.717, 1.165) is 68.2 Å². The molecule has 5 N–H and O–H groups in total. The predicted octanol–water partition coefficient (Wildman–Crippen LogP) is 4.68. The van der Waals surface area contributed by atoms with Gasteiger partial charge < -0.3 is 34.9 Å². The fourth-order valence-corrected chi connectivity index (χ4v) is 7.65. The van der Waals surface area contributed by atoms with Crippen molar-refractivity contribution in [2.45, 2.75) is 42.5 Å². The van der Waals surface area contributed by atoms with Gasteiger partial charge >= 0.3 is 12.1 Å². The van der Waals surface area contributed by atoms with Crippen LogP contribution in [0.15, 0.2) is 71.9 Å². The number of sulfonamides is 1. The Morgan fingerprint density at radius 1 is 1.10 bits per heavy atom. The van der Waals surface area contributed by atoms with Crippen molar-refractivity contribution in [2.24, 2.45) is 0 Å². The van der Waals surface area contributed by atoms with Crippen molar-refractivity contribution >= 4 is 49.9 Å². The molecule has 2 saturated heterocycles. The third-order valence-electron chi connectivity index (χ3n) is 9.61.